The second-order valence-electron chi connectivity index (χ2n) is 5.15. The minimum Gasteiger partial charge on any atom is -0.344 e. The molecule has 0 spiro atoms. The monoisotopic (exact) mass is 238 g/mol. The van der Waals surface area contributed by atoms with E-state index in [2.05, 4.69) is 15.5 Å². The molecule has 96 valence electrons. The molecule has 17 heavy (non-hydrogen) atoms. The molecule has 1 saturated carbocycles. The van der Waals surface area contributed by atoms with E-state index in [1.165, 1.54) is 32.1 Å². The average Bonchev–Trinajstić information content (AvgIpc) is 2.79. The zero-order valence-corrected chi connectivity index (χ0v) is 11.0. The summed E-state index contributed by atoms with van der Waals surface area (Å²) in [6.07, 6.45) is 7.15. The summed E-state index contributed by atoms with van der Waals surface area (Å²) in [5.41, 5.74) is 0.161. The zero-order chi connectivity index (χ0) is 12.3. The fourth-order valence-corrected chi connectivity index (χ4v) is 2.53. The highest BCUT2D eigenvalue weighted by molar-refractivity contribution is 5.24. The van der Waals surface area contributed by atoms with Gasteiger partial charge < -0.3 is 14.7 Å². The number of aromatic nitrogens is 2. The van der Waals surface area contributed by atoms with Gasteiger partial charge in [-0.15, -0.1) is 0 Å². The lowest BCUT2D eigenvalue weighted by atomic mass is 9.79. The summed E-state index contributed by atoms with van der Waals surface area (Å²) in [7, 11) is 5.88. The molecular formula is C12H22N4O. The van der Waals surface area contributed by atoms with Crippen LogP contribution in [0.4, 0.5) is 5.95 Å². The first-order valence-corrected chi connectivity index (χ1v) is 6.34. The molecule has 5 nitrogen and oxygen atoms in total. The number of likely N-dealkylation sites (N-methyl/N-ethyl adjacent to an activating group) is 1. The smallest absolute Gasteiger partial charge is 0.265 e. The number of rotatable bonds is 4. The van der Waals surface area contributed by atoms with Gasteiger partial charge in [0.2, 0.25) is 5.89 Å². The van der Waals surface area contributed by atoms with E-state index in [1.807, 2.05) is 26.0 Å². The fourth-order valence-electron chi connectivity index (χ4n) is 2.53. The van der Waals surface area contributed by atoms with Gasteiger partial charge in [0.25, 0.3) is 5.95 Å². The van der Waals surface area contributed by atoms with Crippen molar-refractivity contribution in [3.63, 3.8) is 0 Å². The predicted octanol–water partition coefficient (Wildman–Crippen LogP) is 1.60. The molecule has 1 heterocycles. The Morgan fingerprint density at radius 2 is 2.00 bits per heavy atom. The third kappa shape index (κ3) is 2.77. The van der Waals surface area contributed by atoms with Crippen LogP contribution in [0.5, 0.6) is 0 Å². The van der Waals surface area contributed by atoms with Crippen LogP contribution < -0.4 is 10.2 Å². The lowest BCUT2D eigenvalue weighted by Crippen LogP contribution is -2.46. The van der Waals surface area contributed by atoms with E-state index in [9.17, 15) is 0 Å². The third-order valence-corrected chi connectivity index (χ3v) is 3.69. The Kier molecular flexibility index (Phi) is 3.66. The Morgan fingerprint density at radius 1 is 1.29 bits per heavy atom. The molecule has 1 aromatic heterocycles. The number of hydrogen-bond acceptors (Lipinski definition) is 5. The van der Waals surface area contributed by atoms with Crippen LogP contribution in [-0.2, 0) is 6.42 Å². The molecule has 1 aromatic rings. The molecule has 0 aliphatic heterocycles. The molecule has 0 atom stereocenters. The maximum atomic E-state index is 5.31. The summed E-state index contributed by atoms with van der Waals surface area (Å²) in [6.45, 7) is 0. The van der Waals surface area contributed by atoms with Crippen molar-refractivity contribution in [2.45, 2.75) is 44.1 Å². The van der Waals surface area contributed by atoms with E-state index in [-0.39, 0.29) is 5.54 Å². The summed E-state index contributed by atoms with van der Waals surface area (Å²) in [6, 6.07) is 0. The van der Waals surface area contributed by atoms with Crippen LogP contribution in [0, 0.1) is 0 Å². The first kappa shape index (κ1) is 12.4. The van der Waals surface area contributed by atoms with Crippen LogP contribution >= 0.6 is 0 Å². The summed E-state index contributed by atoms with van der Waals surface area (Å²) >= 11 is 0. The van der Waals surface area contributed by atoms with E-state index >= 15 is 0 Å². The van der Waals surface area contributed by atoms with Gasteiger partial charge in [0.1, 0.15) is 0 Å². The first-order chi connectivity index (χ1) is 8.15. The quantitative estimate of drug-likeness (QED) is 0.863. The average molecular weight is 238 g/mol. The Labute approximate surface area is 103 Å². The van der Waals surface area contributed by atoms with E-state index in [0.29, 0.717) is 5.95 Å². The van der Waals surface area contributed by atoms with Crippen molar-refractivity contribution in [2.24, 2.45) is 0 Å². The van der Waals surface area contributed by atoms with E-state index < -0.39 is 0 Å². The van der Waals surface area contributed by atoms with Gasteiger partial charge in [-0.2, -0.15) is 4.98 Å². The number of hydrogen-bond donors (Lipinski definition) is 1. The van der Waals surface area contributed by atoms with Gasteiger partial charge >= 0.3 is 0 Å². The standard InChI is InChI=1S/C12H22N4O/c1-13-12(7-5-4-6-8-12)9-10-14-11(15-17-10)16(2)3/h13H,4-9H2,1-3H3. The minimum absolute atomic E-state index is 0.161. The van der Waals surface area contributed by atoms with Crippen molar-refractivity contribution in [3.05, 3.63) is 5.89 Å². The molecule has 1 aliphatic carbocycles. The molecule has 0 radical (unpaired) electrons. The normalized spacial score (nSPS) is 19.2. The summed E-state index contributed by atoms with van der Waals surface area (Å²) in [4.78, 5) is 6.27. The van der Waals surface area contributed by atoms with Crippen molar-refractivity contribution >= 4 is 5.95 Å². The van der Waals surface area contributed by atoms with Crippen LogP contribution in [0.3, 0.4) is 0 Å². The van der Waals surface area contributed by atoms with E-state index in [0.717, 1.165) is 12.3 Å². The number of nitrogens with zero attached hydrogens (tertiary/aromatic N) is 3. The molecule has 0 saturated heterocycles. The topological polar surface area (TPSA) is 54.2 Å². The molecular weight excluding hydrogens is 216 g/mol. The Bertz CT molecular complexity index is 355. The van der Waals surface area contributed by atoms with Crippen molar-refractivity contribution in [1.29, 1.82) is 0 Å². The fraction of sp³-hybridized carbons (Fsp3) is 0.833. The zero-order valence-electron chi connectivity index (χ0n) is 11.0. The SMILES string of the molecule is CNC1(Cc2nc(N(C)C)no2)CCCCC1. The molecule has 0 amide bonds. The molecule has 0 aromatic carbocycles. The maximum Gasteiger partial charge on any atom is 0.265 e. The van der Waals surface area contributed by atoms with Crippen molar-refractivity contribution in [2.75, 3.05) is 26.0 Å². The Morgan fingerprint density at radius 3 is 2.53 bits per heavy atom. The molecule has 1 fully saturated rings. The molecule has 1 aliphatic rings. The largest absolute Gasteiger partial charge is 0.344 e. The molecule has 5 heteroatoms. The number of nitrogens with one attached hydrogen (secondary N) is 1. The van der Waals surface area contributed by atoms with Gasteiger partial charge in [-0.25, -0.2) is 0 Å². The lowest BCUT2D eigenvalue weighted by Gasteiger charge is -2.36. The second-order valence-corrected chi connectivity index (χ2v) is 5.15. The highest BCUT2D eigenvalue weighted by atomic mass is 16.5. The van der Waals surface area contributed by atoms with Crippen LogP contribution in [0.2, 0.25) is 0 Å². The van der Waals surface area contributed by atoms with Crippen molar-refractivity contribution in [1.82, 2.24) is 15.5 Å². The second kappa shape index (κ2) is 5.04. The third-order valence-electron chi connectivity index (χ3n) is 3.69. The van der Waals surface area contributed by atoms with Crippen LogP contribution in [-0.4, -0.2) is 36.8 Å². The van der Waals surface area contributed by atoms with Gasteiger partial charge in [0.15, 0.2) is 0 Å². The predicted molar refractivity (Wildman–Crippen MR) is 67.2 cm³/mol. The molecule has 2 rings (SSSR count). The van der Waals surface area contributed by atoms with Gasteiger partial charge in [0.05, 0.1) is 0 Å². The van der Waals surface area contributed by atoms with Gasteiger partial charge in [0, 0.05) is 26.1 Å². The lowest BCUT2D eigenvalue weighted by molar-refractivity contribution is 0.221. The van der Waals surface area contributed by atoms with Gasteiger partial charge in [-0.3, -0.25) is 0 Å². The van der Waals surface area contributed by atoms with Crippen LogP contribution in [0.1, 0.15) is 38.0 Å². The highest BCUT2D eigenvalue weighted by Crippen LogP contribution is 2.30. The van der Waals surface area contributed by atoms with Crippen molar-refractivity contribution in [3.8, 4) is 0 Å². The Balaban J connectivity index is 2.06. The Hall–Kier alpha value is -1.10. The summed E-state index contributed by atoms with van der Waals surface area (Å²) in [5, 5.41) is 7.42. The highest BCUT2D eigenvalue weighted by Gasteiger charge is 2.32. The van der Waals surface area contributed by atoms with Gasteiger partial charge in [-0.1, -0.05) is 19.3 Å². The van der Waals surface area contributed by atoms with Crippen LogP contribution in [0.15, 0.2) is 4.52 Å². The van der Waals surface area contributed by atoms with Gasteiger partial charge in [-0.05, 0) is 25.0 Å². The maximum absolute atomic E-state index is 5.31. The summed E-state index contributed by atoms with van der Waals surface area (Å²) in [5.74, 6) is 1.40. The molecule has 0 bridgehead atoms. The van der Waals surface area contributed by atoms with E-state index in [4.69, 9.17) is 4.52 Å². The molecule has 1 N–H and O–H groups in total. The van der Waals surface area contributed by atoms with Crippen LogP contribution in [0.25, 0.3) is 0 Å². The minimum atomic E-state index is 0.161. The summed E-state index contributed by atoms with van der Waals surface area (Å²) < 4.78 is 5.31. The van der Waals surface area contributed by atoms with Crippen molar-refractivity contribution < 1.29 is 4.52 Å². The first-order valence-electron chi connectivity index (χ1n) is 6.34. The van der Waals surface area contributed by atoms with E-state index in [1.54, 1.807) is 0 Å². The molecule has 0 unspecified atom stereocenters. The number of anilines is 1.